The average Bonchev–Trinajstić information content (AvgIpc) is 3.50. The molecule has 0 aliphatic carbocycles. The monoisotopic (exact) mass is 578 g/mol. The van der Waals surface area contributed by atoms with Crippen LogP contribution in [0.15, 0.2) is 36.4 Å². The number of cyclic esters (lactones) is 1. The highest BCUT2D eigenvalue weighted by molar-refractivity contribution is 7.18. The van der Waals surface area contributed by atoms with Gasteiger partial charge in [-0.25, -0.2) is 4.79 Å². The number of thiophene rings is 1. The molecule has 14 heteroatoms. The van der Waals surface area contributed by atoms with Gasteiger partial charge in [0, 0.05) is 17.9 Å². The minimum absolute atomic E-state index is 0.0106. The van der Waals surface area contributed by atoms with E-state index in [-0.39, 0.29) is 30.5 Å². The Kier molecular flexibility index (Phi) is 8.54. The van der Waals surface area contributed by atoms with E-state index < -0.39 is 42.1 Å². The van der Waals surface area contributed by atoms with Gasteiger partial charge in [0.1, 0.15) is 18.2 Å². The number of carbonyl (C=O) groups is 5. The molecule has 39 heavy (non-hydrogen) atoms. The normalized spacial score (nSPS) is 17.7. The molecule has 2 N–H and O–H groups in total. The third-order valence-electron chi connectivity index (χ3n) is 5.90. The molecule has 0 bridgehead atoms. The minimum atomic E-state index is -1.33. The van der Waals surface area contributed by atoms with Gasteiger partial charge >= 0.3 is 12.1 Å². The number of amides is 4. The summed E-state index contributed by atoms with van der Waals surface area (Å²) in [5, 5.41) is 0. The van der Waals surface area contributed by atoms with Crippen LogP contribution in [0, 0.1) is 0 Å². The van der Waals surface area contributed by atoms with Crippen LogP contribution in [0.5, 0.6) is 0 Å². The number of nitrogens with zero attached hydrogens (tertiary/aromatic N) is 3. The van der Waals surface area contributed by atoms with Crippen LogP contribution in [0.25, 0.3) is 0 Å². The molecule has 0 unspecified atom stereocenters. The summed E-state index contributed by atoms with van der Waals surface area (Å²) in [5.41, 5.74) is 5.56. The summed E-state index contributed by atoms with van der Waals surface area (Å²) in [5.74, 6) is -2.45. The highest BCUT2D eigenvalue weighted by Crippen LogP contribution is 2.27. The lowest BCUT2D eigenvalue weighted by atomic mass is 10.1. The number of halogens is 1. The second-order valence-electron chi connectivity index (χ2n) is 9.44. The number of hydrogen-bond donors (Lipinski definition) is 1. The summed E-state index contributed by atoms with van der Waals surface area (Å²) >= 11 is 6.94. The van der Waals surface area contributed by atoms with Gasteiger partial charge in [-0.1, -0.05) is 11.6 Å². The quantitative estimate of drug-likeness (QED) is 0.464. The standard InChI is InChI=1S/C25H27ClN4O8S/c1-25(2,27)23(34)37-14-21(32)30(22(33)18-7-8-19(26)39-18)12-17-11-29(24(35)38-17)16-5-3-15(4-6-16)28-9-10-36-13-20(28)31/h3-8,17H,9-14,27H2,1-2H3/t17-/m1/s1. The van der Waals surface area contributed by atoms with E-state index in [0.717, 1.165) is 16.2 Å². The van der Waals surface area contributed by atoms with Crippen molar-refractivity contribution in [1.29, 1.82) is 0 Å². The summed E-state index contributed by atoms with van der Waals surface area (Å²) in [6.45, 7) is 2.77. The molecule has 12 nitrogen and oxygen atoms in total. The molecule has 1 aromatic carbocycles. The molecule has 0 saturated carbocycles. The number of imide groups is 1. The summed E-state index contributed by atoms with van der Waals surface area (Å²) in [6, 6.07) is 9.77. The summed E-state index contributed by atoms with van der Waals surface area (Å²) in [4.78, 5) is 67.0. The molecule has 3 heterocycles. The van der Waals surface area contributed by atoms with E-state index in [2.05, 4.69) is 0 Å². The van der Waals surface area contributed by atoms with Crippen LogP contribution in [0.1, 0.15) is 23.5 Å². The predicted molar refractivity (Wildman–Crippen MR) is 142 cm³/mol. The molecular formula is C25H27ClN4O8S. The molecule has 0 radical (unpaired) electrons. The van der Waals surface area contributed by atoms with Crippen molar-refractivity contribution in [2.75, 3.05) is 49.3 Å². The highest BCUT2D eigenvalue weighted by Gasteiger charge is 2.37. The van der Waals surface area contributed by atoms with Crippen molar-refractivity contribution in [2.45, 2.75) is 25.5 Å². The van der Waals surface area contributed by atoms with Gasteiger partial charge in [0.25, 0.3) is 17.7 Å². The number of nitrogens with two attached hydrogens (primary N) is 1. The summed E-state index contributed by atoms with van der Waals surface area (Å²) in [6.07, 6.45) is -1.52. The lowest BCUT2D eigenvalue weighted by Gasteiger charge is -2.27. The number of ether oxygens (including phenoxy) is 3. The maximum atomic E-state index is 13.2. The first-order valence-corrected chi connectivity index (χ1v) is 13.2. The zero-order valence-electron chi connectivity index (χ0n) is 21.3. The van der Waals surface area contributed by atoms with Crippen molar-refractivity contribution >= 4 is 64.1 Å². The zero-order valence-corrected chi connectivity index (χ0v) is 22.8. The van der Waals surface area contributed by atoms with Gasteiger partial charge in [0.05, 0.1) is 28.9 Å². The lowest BCUT2D eigenvalue weighted by Crippen LogP contribution is -2.47. The Balaban J connectivity index is 1.46. The minimum Gasteiger partial charge on any atom is -0.454 e. The number of rotatable bonds is 8. The van der Waals surface area contributed by atoms with Crippen LogP contribution < -0.4 is 15.5 Å². The topological polar surface area (TPSA) is 149 Å². The Morgan fingerprint density at radius 1 is 1.13 bits per heavy atom. The summed E-state index contributed by atoms with van der Waals surface area (Å²) < 4.78 is 16.0. The Hall–Kier alpha value is -3.52. The average molecular weight is 579 g/mol. The van der Waals surface area contributed by atoms with Crippen LogP contribution in [-0.2, 0) is 28.6 Å². The third-order valence-corrected chi connectivity index (χ3v) is 7.12. The molecule has 2 fully saturated rings. The third kappa shape index (κ3) is 6.74. The molecule has 4 rings (SSSR count). The highest BCUT2D eigenvalue weighted by atomic mass is 35.5. The molecule has 208 valence electrons. The first-order chi connectivity index (χ1) is 18.4. The van der Waals surface area contributed by atoms with E-state index in [4.69, 9.17) is 31.5 Å². The number of morpholine rings is 1. The maximum absolute atomic E-state index is 13.2. The Bertz CT molecular complexity index is 1280. The number of anilines is 2. The number of benzene rings is 1. The zero-order chi connectivity index (χ0) is 28.3. The van der Waals surface area contributed by atoms with Crippen molar-refractivity contribution in [3.8, 4) is 0 Å². The smallest absolute Gasteiger partial charge is 0.414 e. The van der Waals surface area contributed by atoms with E-state index >= 15 is 0 Å². The Morgan fingerprint density at radius 2 is 1.79 bits per heavy atom. The maximum Gasteiger partial charge on any atom is 0.414 e. The van der Waals surface area contributed by atoms with Gasteiger partial charge in [-0.05, 0) is 50.2 Å². The number of esters is 1. The van der Waals surface area contributed by atoms with E-state index in [1.165, 1.54) is 30.9 Å². The van der Waals surface area contributed by atoms with Gasteiger partial charge in [-0.15, -0.1) is 11.3 Å². The Labute approximate surface area is 233 Å². The van der Waals surface area contributed by atoms with Crippen molar-refractivity contribution in [3.63, 3.8) is 0 Å². The fourth-order valence-corrected chi connectivity index (χ4v) is 4.88. The first kappa shape index (κ1) is 28.5. The van der Waals surface area contributed by atoms with Crippen LogP contribution in [0.2, 0.25) is 4.34 Å². The van der Waals surface area contributed by atoms with Crippen LogP contribution in [-0.4, -0.2) is 85.8 Å². The van der Waals surface area contributed by atoms with Crippen LogP contribution >= 0.6 is 22.9 Å². The van der Waals surface area contributed by atoms with Crippen molar-refractivity contribution < 1.29 is 38.2 Å². The molecule has 2 aromatic rings. The van der Waals surface area contributed by atoms with Gasteiger partial charge in [-0.3, -0.25) is 29.0 Å². The van der Waals surface area contributed by atoms with Gasteiger partial charge in [0.15, 0.2) is 6.61 Å². The predicted octanol–water partition coefficient (Wildman–Crippen LogP) is 2.04. The SMILES string of the molecule is CC(C)(N)C(=O)OCC(=O)N(C[C@H]1CN(c2ccc(N3CCOCC3=O)cc2)C(=O)O1)C(=O)c1ccc(Cl)s1. The molecule has 2 aliphatic rings. The number of carbonyl (C=O) groups excluding carboxylic acids is 5. The largest absolute Gasteiger partial charge is 0.454 e. The van der Waals surface area contributed by atoms with E-state index in [9.17, 15) is 24.0 Å². The van der Waals surface area contributed by atoms with Crippen molar-refractivity contribution in [3.05, 3.63) is 45.6 Å². The van der Waals surface area contributed by atoms with Gasteiger partial charge in [-0.2, -0.15) is 0 Å². The van der Waals surface area contributed by atoms with E-state index in [0.29, 0.717) is 28.9 Å². The molecule has 1 atom stereocenters. The molecular weight excluding hydrogens is 552 g/mol. The molecule has 2 saturated heterocycles. The Morgan fingerprint density at radius 3 is 2.38 bits per heavy atom. The van der Waals surface area contributed by atoms with E-state index in [1.54, 1.807) is 29.2 Å². The summed E-state index contributed by atoms with van der Waals surface area (Å²) in [7, 11) is 0. The first-order valence-electron chi connectivity index (χ1n) is 12.0. The molecule has 1 aromatic heterocycles. The van der Waals surface area contributed by atoms with Crippen molar-refractivity contribution in [2.24, 2.45) is 5.73 Å². The van der Waals surface area contributed by atoms with Gasteiger partial charge in [0.2, 0.25) is 0 Å². The fraction of sp³-hybridized carbons (Fsp3) is 0.400. The lowest BCUT2D eigenvalue weighted by molar-refractivity contribution is -0.155. The molecule has 2 aliphatic heterocycles. The molecule has 0 spiro atoms. The second-order valence-corrected chi connectivity index (χ2v) is 11.2. The van der Waals surface area contributed by atoms with E-state index in [1.807, 2.05) is 0 Å². The van der Waals surface area contributed by atoms with Gasteiger partial charge < -0.3 is 24.8 Å². The van der Waals surface area contributed by atoms with Crippen molar-refractivity contribution in [1.82, 2.24) is 4.90 Å². The fourth-order valence-electron chi connectivity index (χ4n) is 3.89. The number of hydrogen-bond acceptors (Lipinski definition) is 10. The molecule has 4 amide bonds. The van der Waals surface area contributed by atoms with Crippen LogP contribution in [0.4, 0.5) is 16.2 Å². The van der Waals surface area contributed by atoms with Crippen LogP contribution in [0.3, 0.4) is 0 Å². The second kappa shape index (κ2) is 11.7.